The Morgan fingerprint density at radius 2 is 1.88 bits per heavy atom. The Morgan fingerprint density at radius 1 is 1.12 bits per heavy atom. The van der Waals surface area contributed by atoms with Gasteiger partial charge in [0.15, 0.2) is 0 Å². The third kappa shape index (κ3) is 3.05. The summed E-state index contributed by atoms with van der Waals surface area (Å²) >= 11 is 0. The molecule has 0 spiro atoms. The molecule has 0 aromatic heterocycles. The van der Waals surface area contributed by atoms with Gasteiger partial charge in [-0.2, -0.15) is 0 Å². The lowest BCUT2D eigenvalue weighted by Crippen LogP contribution is -2.27. The van der Waals surface area contributed by atoms with Crippen LogP contribution in [0.3, 0.4) is 0 Å². The molecule has 1 atom stereocenters. The monoisotopic (exact) mass is 229 g/mol. The predicted octanol–water partition coefficient (Wildman–Crippen LogP) is 3.05. The number of aliphatic hydroxyl groups excluding tert-OH is 1. The van der Waals surface area contributed by atoms with Gasteiger partial charge in [-0.1, -0.05) is 55.8 Å². The van der Waals surface area contributed by atoms with Crippen molar-refractivity contribution in [2.45, 2.75) is 32.5 Å². The maximum Gasteiger partial charge on any atom is 0.105 e. The van der Waals surface area contributed by atoms with E-state index in [1.807, 2.05) is 12.1 Å². The van der Waals surface area contributed by atoms with Crippen LogP contribution in [0, 0.1) is 0 Å². The molecule has 0 aliphatic carbocycles. The van der Waals surface area contributed by atoms with E-state index in [9.17, 15) is 5.11 Å². The van der Waals surface area contributed by atoms with Crippen molar-refractivity contribution in [2.75, 3.05) is 0 Å². The van der Waals surface area contributed by atoms with Crippen molar-refractivity contribution in [3.63, 3.8) is 0 Å². The van der Waals surface area contributed by atoms with Gasteiger partial charge >= 0.3 is 0 Å². The zero-order chi connectivity index (χ0) is 12.1. The fourth-order valence-electron chi connectivity index (χ4n) is 2.05. The fourth-order valence-corrected chi connectivity index (χ4v) is 2.05. The Balaban J connectivity index is 2.13. The number of aliphatic hydroxyl groups is 1. The SMILES string of the molecule is CCCC(O)NCc1cccc2ccccc12. The minimum atomic E-state index is -0.404. The first kappa shape index (κ1) is 12.1. The van der Waals surface area contributed by atoms with Crippen LogP contribution in [-0.4, -0.2) is 11.3 Å². The van der Waals surface area contributed by atoms with Crippen LogP contribution in [0.5, 0.6) is 0 Å². The predicted molar refractivity (Wildman–Crippen MR) is 71.7 cm³/mol. The van der Waals surface area contributed by atoms with Gasteiger partial charge in [0.2, 0.25) is 0 Å². The Labute approximate surface area is 102 Å². The van der Waals surface area contributed by atoms with Gasteiger partial charge in [0.1, 0.15) is 6.23 Å². The van der Waals surface area contributed by atoms with Crippen molar-refractivity contribution in [2.24, 2.45) is 0 Å². The first-order valence-corrected chi connectivity index (χ1v) is 6.19. The molecule has 0 fully saturated rings. The molecular formula is C15H19NO. The summed E-state index contributed by atoms with van der Waals surface area (Å²) in [6, 6.07) is 14.6. The Hall–Kier alpha value is -1.38. The van der Waals surface area contributed by atoms with E-state index in [4.69, 9.17) is 0 Å². The second-order valence-electron chi connectivity index (χ2n) is 4.32. The second kappa shape index (κ2) is 5.80. The number of hydrogen-bond donors (Lipinski definition) is 2. The van der Waals surface area contributed by atoms with Crippen molar-refractivity contribution >= 4 is 10.8 Å². The zero-order valence-electron chi connectivity index (χ0n) is 10.2. The van der Waals surface area contributed by atoms with Gasteiger partial charge in [0.25, 0.3) is 0 Å². The van der Waals surface area contributed by atoms with Gasteiger partial charge in [-0.3, -0.25) is 5.32 Å². The Morgan fingerprint density at radius 3 is 2.71 bits per heavy atom. The van der Waals surface area contributed by atoms with E-state index in [-0.39, 0.29) is 0 Å². The van der Waals surface area contributed by atoms with E-state index < -0.39 is 6.23 Å². The van der Waals surface area contributed by atoms with Gasteiger partial charge in [-0.05, 0) is 22.8 Å². The molecule has 17 heavy (non-hydrogen) atoms. The number of fused-ring (bicyclic) bond motifs is 1. The topological polar surface area (TPSA) is 32.3 Å². The highest BCUT2D eigenvalue weighted by atomic mass is 16.3. The molecule has 2 rings (SSSR count). The molecule has 2 heteroatoms. The van der Waals surface area contributed by atoms with Gasteiger partial charge < -0.3 is 5.11 Å². The lowest BCUT2D eigenvalue weighted by atomic mass is 10.0. The van der Waals surface area contributed by atoms with E-state index in [0.717, 1.165) is 12.8 Å². The van der Waals surface area contributed by atoms with Crippen LogP contribution in [-0.2, 0) is 6.54 Å². The molecule has 90 valence electrons. The molecule has 2 aromatic carbocycles. The quantitative estimate of drug-likeness (QED) is 0.772. The second-order valence-corrected chi connectivity index (χ2v) is 4.32. The van der Waals surface area contributed by atoms with Crippen LogP contribution in [0.15, 0.2) is 42.5 Å². The lowest BCUT2D eigenvalue weighted by Gasteiger charge is -2.13. The fraction of sp³-hybridized carbons (Fsp3) is 0.333. The van der Waals surface area contributed by atoms with Crippen LogP contribution >= 0.6 is 0 Å². The highest BCUT2D eigenvalue weighted by Crippen LogP contribution is 2.18. The maximum atomic E-state index is 9.67. The normalized spacial score (nSPS) is 12.8. The summed E-state index contributed by atoms with van der Waals surface area (Å²) in [4.78, 5) is 0. The molecule has 0 radical (unpaired) electrons. The van der Waals surface area contributed by atoms with E-state index in [1.54, 1.807) is 0 Å². The molecule has 0 saturated carbocycles. The lowest BCUT2D eigenvalue weighted by molar-refractivity contribution is 0.125. The minimum Gasteiger partial charge on any atom is -0.379 e. The van der Waals surface area contributed by atoms with E-state index in [0.29, 0.717) is 6.54 Å². The van der Waals surface area contributed by atoms with Crippen LogP contribution in [0.1, 0.15) is 25.3 Å². The van der Waals surface area contributed by atoms with Crippen molar-refractivity contribution in [3.05, 3.63) is 48.0 Å². The molecule has 1 unspecified atom stereocenters. The first-order chi connectivity index (χ1) is 8.31. The minimum absolute atomic E-state index is 0.404. The molecule has 0 amide bonds. The smallest absolute Gasteiger partial charge is 0.105 e. The summed E-state index contributed by atoms with van der Waals surface area (Å²) in [6.45, 7) is 2.78. The summed E-state index contributed by atoms with van der Waals surface area (Å²) in [6.07, 6.45) is 1.38. The number of rotatable bonds is 5. The molecule has 0 saturated heterocycles. The van der Waals surface area contributed by atoms with Crippen molar-refractivity contribution in [1.29, 1.82) is 0 Å². The third-order valence-electron chi connectivity index (χ3n) is 2.97. The molecule has 2 nitrogen and oxygen atoms in total. The van der Waals surface area contributed by atoms with Crippen LogP contribution in [0.25, 0.3) is 10.8 Å². The highest BCUT2D eigenvalue weighted by molar-refractivity contribution is 5.85. The van der Waals surface area contributed by atoms with E-state index >= 15 is 0 Å². The van der Waals surface area contributed by atoms with Gasteiger partial charge in [-0.25, -0.2) is 0 Å². The van der Waals surface area contributed by atoms with Crippen molar-refractivity contribution in [3.8, 4) is 0 Å². The maximum absolute atomic E-state index is 9.67. The van der Waals surface area contributed by atoms with Crippen molar-refractivity contribution in [1.82, 2.24) is 5.32 Å². The molecular weight excluding hydrogens is 210 g/mol. The average Bonchev–Trinajstić information content (AvgIpc) is 2.36. The van der Waals surface area contributed by atoms with Crippen LogP contribution < -0.4 is 5.32 Å². The summed E-state index contributed by atoms with van der Waals surface area (Å²) in [5, 5.41) is 15.3. The molecule has 0 bridgehead atoms. The Kier molecular flexibility index (Phi) is 4.13. The van der Waals surface area contributed by atoms with Crippen LogP contribution in [0.2, 0.25) is 0 Å². The third-order valence-corrected chi connectivity index (χ3v) is 2.97. The van der Waals surface area contributed by atoms with E-state index in [1.165, 1.54) is 16.3 Å². The van der Waals surface area contributed by atoms with Crippen molar-refractivity contribution < 1.29 is 5.11 Å². The molecule has 2 N–H and O–H groups in total. The first-order valence-electron chi connectivity index (χ1n) is 6.19. The Bertz CT molecular complexity index is 476. The zero-order valence-corrected chi connectivity index (χ0v) is 10.2. The van der Waals surface area contributed by atoms with Gasteiger partial charge in [0, 0.05) is 6.54 Å². The van der Waals surface area contributed by atoms with Gasteiger partial charge in [0.05, 0.1) is 0 Å². The molecule has 2 aromatic rings. The molecule has 0 aliphatic rings. The van der Waals surface area contributed by atoms with Crippen LogP contribution in [0.4, 0.5) is 0 Å². The molecule has 0 aliphatic heterocycles. The highest BCUT2D eigenvalue weighted by Gasteiger charge is 2.03. The number of nitrogens with one attached hydrogen (secondary N) is 1. The number of benzene rings is 2. The number of hydrogen-bond acceptors (Lipinski definition) is 2. The largest absolute Gasteiger partial charge is 0.379 e. The summed E-state index contributed by atoms with van der Waals surface area (Å²) < 4.78 is 0. The summed E-state index contributed by atoms with van der Waals surface area (Å²) in [5.74, 6) is 0. The van der Waals surface area contributed by atoms with Gasteiger partial charge in [-0.15, -0.1) is 0 Å². The van der Waals surface area contributed by atoms with E-state index in [2.05, 4.69) is 42.6 Å². The average molecular weight is 229 g/mol. The standard InChI is InChI=1S/C15H19NO/c1-2-6-15(17)16-11-13-9-5-8-12-7-3-4-10-14(12)13/h3-5,7-10,15-17H,2,6,11H2,1H3. The summed E-state index contributed by atoms with van der Waals surface area (Å²) in [5.41, 5.74) is 1.23. The summed E-state index contributed by atoms with van der Waals surface area (Å²) in [7, 11) is 0. The molecule has 0 heterocycles.